The van der Waals surface area contributed by atoms with Gasteiger partial charge in [-0.3, -0.25) is 4.90 Å². The Labute approximate surface area is 179 Å². The Morgan fingerprint density at radius 1 is 1.00 bits per heavy atom. The van der Waals surface area contributed by atoms with Gasteiger partial charge in [-0.25, -0.2) is 0 Å². The van der Waals surface area contributed by atoms with Crippen LogP contribution in [0.15, 0.2) is 60.1 Å². The highest BCUT2D eigenvalue weighted by Gasteiger charge is 2.30. The number of nitrogens with zero attached hydrogens (tertiary/aromatic N) is 2. The van der Waals surface area contributed by atoms with Gasteiger partial charge in [0.1, 0.15) is 0 Å². The summed E-state index contributed by atoms with van der Waals surface area (Å²) in [6.07, 6.45) is 2.52. The summed E-state index contributed by atoms with van der Waals surface area (Å²) in [5, 5.41) is 14.0. The first-order valence-corrected chi connectivity index (χ1v) is 11.3. The van der Waals surface area contributed by atoms with Gasteiger partial charge in [-0.1, -0.05) is 35.9 Å². The fraction of sp³-hybridized carbons (Fsp3) is 0.304. The first-order chi connectivity index (χ1) is 14.1. The third-order valence-corrected chi connectivity index (χ3v) is 7.29. The van der Waals surface area contributed by atoms with Gasteiger partial charge >= 0.3 is 0 Å². The molecule has 5 rings (SSSR count). The molecule has 0 aliphatic carbocycles. The van der Waals surface area contributed by atoms with Crippen LogP contribution in [0, 0.1) is 0 Å². The predicted octanol–water partition coefficient (Wildman–Crippen LogP) is 4.98. The molecule has 0 radical (unpaired) electrons. The molecule has 1 atom stereocenters. The highest BCUT2D eigenvalue weighted by atomic mass is 35.5. The highest BCUT2D eigenvalue weighted by Crippen LogP contribution is 2.38. The summed E-state index contributed by atoms with van der Waals surface area (Å²) in [5.74, 6) is 0. The average molecular weight is 426 g/mol. The Balaban J connectivity index is 1.22. The summed E-state index contributed by atoms with van der Waals surface area (Å²) in [6.45, 7) is 4.68. The van der Waals surface area contributed by atoms with E-state index in [0.717, 1.165) is 48.4 Å². The summed E-state index contributed by atoms with van der Waals surface area (Å²) >= 11 is 8.23. The van der Waals surface area contributed by atoms with Gasteiger partial charge in [0, 0.05) is 72.2 Å². The molecule has 1 aliphatic heterocycles. The number of fused-ring (bicyclic) bond motifs is 2. The lowest BCUT2D eigenvalue weighted by Crippen LogP contribution is -2.47. The molecule has 1 unspecified atom stereocenters. The molecule has 0 saturated carbocycles. The molecule has 29 heavy (non-hydrogen) atoms. The molecule has 2 aromatic heterocycles. The van der Waals surface area contributed by atoms with Gasteiger partial charge in [-0.05, 0) is 35.0 Å². The molecule has 4 aromatic rings. The van der Waals surface area contributed by atoms with E-state index in [4.69, 9.17) is 11.6 Å². The zero-order valence-corrected chi connectivity index (χ0v) is 17.7. The number of anilines is 1. The topological polar surface area (TPSA) is 42.5 Å². The molecule has 2 aromatic carbocycles. The van der Waals surface area contributed by atoms with E-state index in [1.54, 1.807) is 11.3 Å². The van der Waals surface area contributed by atoms with Crippen LogP contribution in [0.5, 0.6) is 0 Å². The summed E-state index contributed by atoms with van der Waals surface area (Å²) in [6, 6.07) is 16.7. The molecule has 6 heteroatoms. The van der Waals surface area contributed by atoms with Crippen LogP contribution in [0.4, 0.5) is 5.69 Å². The molecular formula is C23H24ClN3OS. The number of rotatable bonds is 5. The van der Waals surface area contributed by atoms with Crippen LogP contribution >= 0.6 is 22.9 Å². The van der Waals surface area contributed by atoms with Crippen LogP contribution in [-0.4, -0.2) is 47.7 Å². The quantitative estimate of drug-likeness (QED) is 0.443. The number of aromatic amines is 1. The molecule has 0 bridgehead atoms. The van der Waals surface area contributed by atoms with Crippen LogP contribution in [0.3, 0.4) is 0 Å². The average Bonchev–Trinajstić information content (AvgIpc) is 3.40. The minimum Gasteiger partial charge on any atom is -0.371 e. The second-order valence-corrected chi connectivity index (χ2v) is 9.24. The minimum atomic E-state index is -1.33. The number of nitrogens with one attached hydrogen (secondary N) is 1. The maximum Gasteiger partial charge on any atom is 0.166 e. The molecular weight excluding hydrogens is 402 g/mol. The predicted molar refractivity (Wildman–Crippen MR) is 123 cm³/mol. The number of aliphatic hydroxyl groups is 1. The van der Waals surface area contributed by atoms with E-state index >= 15 is 0 Å². The van der Waals surface area contributed by atoms with Crippen LogP contribution in [0.1, 0.15) is 12.0 Å². The standard InChI is InChI=1S/C23H24ClN3OS/c24-23(28,19-16-29-22-7-2-1-4-17(19)22)9-11-26-12-14-27(15-13-26)21-6-3-5-20-18(21)8-10-25-20/h1-8,10,16,25,28H,9,11-15H2. The van der Waals surface area contributed by atoms with Gasteiger partial charge in [-0.2, -0.15) is 0 Å². The fourth-order valence-electron chi connectivity index (χ4n) is 4.27. The Hall–Kier alpha value is -2.05. The lowest BCUT2D eigenvalue weighted by atomic mass is 10.0. The van der Waals surface area contributed by atoms with E-state index in [2.05, 4.69) is 45.1 Å². The lowest BCUT2D eigenvalue weighted by molar-refractivity contribution is 0.0999. The maximum atomic E-state index is 11.0. The summed E-state index contributed by atoms with van der Waals surface area (Å²) < 4.78 is 1.16. The first kappa shape index (κ1) is 18.9. The van der Waals surface area contributed by atoms with E-state index in [0.29, 0.717) is 6.42 Å². The summed E-state index contributed by atoms with van der Waals surface area (Å²) in [5.41, 5.74) is 3.31. The first-order valence-electron chi connectivity index (χ1n) is 10.0. The zero-order chi connectivity index (χ0) is 19.8. The van der Waals surface area contributed by atoms with Crippen molar-refractivity contribution in [3.63, 3.8) is 0 Å². The van der Waals surface area contributed by atoms with Crippen LogP contribution in [-0.2, 0) is 5.06 Å². The van der Waals surface area contributed by atoms with E-state index in [1.807, 2.05) is 29.8 Å². The molecule has 0 amide bonds. The van der Waals surface area contributed by atoms with Crippen molar-refractivity contribution in [2.75, 3.05) is 37.6 Å². The van der Waals surface area contributed by atoms with Crippen molar-refractivity contribution in [2.45, 2.75) is 11.5 Å². The Morgan fingerprint density at radius 2 is 1.83 bits per heavy atom. The van der Waals surface area contributed by atoms with Gasteiger partial charge < -0.3 is 15.0 Å². The van der Waals surface area contributed by atoms with E-state index in [-0.39, 0.29) is 0 Å². The smallest absolute Gasteiger partial charge is 0.166 e. The molecule has 1 aliphatic rings. The van der Waals surface area contributed by atoms with Crippen molar-refractivity contribution in [3.05, 3.63) is 65.7 Å². The number of hydrogen-bond donors (Lipinski definition) is 2. The van der Waals surface area contributed by atoms with Crippen molar-refractivity contribution in [3.8, 4) is 0 Å². The summed E-state index contributed by atoms with van der Waals surface area (Å²) in [4.78, 5) is 8.14. The van der Waals surface area contributed by atoms with Crippen LogP contribution in [0.2, 0.25) is 0 Å². The Kier molecular flexibility index (Phi) is 5.00. The molecule has 3 heterocycles. The van der Waals surface area contributed by atoms with Crippen molar-refractivity contribution >= 4 is 49.6 Å². The number of piperazine rings is 1. The second-order valence-electron chi connectivity index (χ2n) is 7.70. The second kappa shape index (κ2) is 7.65. The third-order valence-electron chi connectivity index (χ3n) is 5.94. The molecule has 2 N–H and O–H groups in total. The molecule has 4 nitrogen and oxygen atoms in total. The number of thiophene rings is 1. The van der Waals surface area contributed by atoms with Gasteiger partial charge in [0.2, 0.25) is 0 Å². The number of halogens is 1. The summed E-state index contributed by atoms with van der Waals surface area (Å²) in [7, 11) is 0. The number of aromatic nitrogens is 1. The van der Waals surface area contributed by atoms with E-state index in [1.165, 1.54) is 16.6 Å². The number of benzene rings is 2. The number of alkyl halides is 1. The number of hydrogen-bond acceptors (Lipinski definition) is 4. The fourth-order valence-corrected chi connectivity index (χ4v) is 5.61. The van der Waals surface area contributed by atoms with Crippen molar-refractivity contribution in [1.29, 1.82) is 0 Å². The van der Waals surface area contributed by atoms with E-state index < -0.39 is 5.06 Å². The van der Waals surface area contributed by atoms with Crippen molar-refractivity contribution < 1.29 is 5.11 Å². The van der Waals surface area contributed by atoms with E-state index in [9.17, 15) is 5.11 Å². The maximum absolute atomic E-state index is 11.0. The molecule has 150 valence electrons. The Bertz CT molecular complexity index is 1130. The Morgan fingerprint density at radius 3 is 2.69 bits per heavy atom. The molecule has 0 spiro atoms. The minimum absolute atomic E-state index is 0.517. The third kappa shape index (κ3) is 3.64. The monoisotopic (exact) mass is 425 g/mol. The van der Waals surface area contributed by atoms with Gasteiger partial charge in [0.25, 0.3) is 0 Å². The molecule has 1 saturated heterocycles. The van der Waals surface area contributed by atoms with Gasteiger partial charge in [0.15, 0.2) is 5.06 Å². The number of H-pyrrole nitrogens is 1. The zero-order valence-electron chi connectivity index (χ0n) is 16.1. The van der Waals surface area contributed by atoms with Crippen molar-refractivity contribution in [2.24, 2.45) is 0 Å². The van der Waals surface area contributed by atoms with Gasteiger partial charge in [-0.15, -0.1) is 11.3 Å². The largest absolute Gasteiger partial charge is 0.371 e. The normalized spacial score (nSPS) is 17.8. The van der Waals surface area contributed by atoms with Crippen LogP contribution in [0.25, 0.3) is 21.0 Å². The van der Waals surface area contributed by atoms with Crippen molar-refractivity contribution in [1.82, 2.24) is 9.88 Å². The SMILES string of the molecule is OC(Cl)(CCN1CCN(c2cccc3[nH]ccc23)CC1)c1csc2ccccc12. The lowest BCUT2D eigenvalue weighted by Gasteiger charge is -2.37. The highest BCUT2D eigenvalue weighted by molar-refractivity contribution is 7.17. The van der Waals surface area contributed by atoms with Crippen LogP contribution < -0.4 is 4.90 Å². The van der Waals surface area contributed by atoms with Gasteiger partial charge in [0.05, 0.1) is 0 Å². The molecule has 1 fully saturated rings.